The second-order valence-corrected chi connectivity index (χ2v) is 6.50. The molecule has 0 saturated carbocycles. The summed E-state index contributed by atoms with van der Waals surface area (Å²) in [5, 5.41) is 6.10. The van der Waals surface area contributed by atoms with Gasteiger partial charge in [-0.2, -0.15) is 0 Å². The van der Waals surface area contributed by atoms with Crippen molar-refractivity contribution in [1.29, 1.82) is 0 Å². The van der Waals surface area contributed by atoms with Gasteiger partial charge in [0, 0.05) is 18.3 Å². The summed E-state index contributed by atoms with van der Waals surface area (Å²) < 4.78 is 13.1. The van der Waals surface area contributed by atoms with Crippen molar-refractivity contribution in [2.45, 2.75) is 45.6 Å². The number of nitrogens with one attached hydrogen (secondary N) is 2. The molecule has 0 aliphatic carbocycles. The Morgan fingerprint density at radius 1 is 1.26 bits per heavy atom. The fraction of sp³-hybridized carbons (Fsp3) is 0.611. The van der Waals surface area contributed by atoms with Crippen LogP contribution in [-0.4, -0.2) is 43.0 Å². The van der Waals surface area contributed by atoms with Crippen molar-refractivity contribution in [1.82, 2.24) is 10.2 Å². The SMILES string of the molecule is Cc1cc(F)ccc1NC(=O)CN[C@@H](C)CN1CCCCCC1. The molecule has 1 fully saturated rings. The molecule has 0 spiro atoms. The molecule has 4 nitrogen and oxygen atoms in total. The number of benzene rings is 1. The Labute approximate surface area is 138 Å². The van der Waals surface area contributed by atoms with Crippen LogP contribution in [-0.2, 0) is 4.79 Å². The molecule has 0 bridgehead atoms. The number of rotatable bonds is 6. The van der Waals surface area contributed by atoms with E-state index >= 15 is 0 Å². The van der Waals surface area contributed by atoms with E-state index in [-0.39, 0.29) is 24.3 Å². The first kappa shape index (κ1) is 17.9. The Balaban J connectivity index is 1.72. The second kappa shape index (κ2) is 8.99. The van der Waals surface area contributed by atoms with Gasteiger partial charge in [-0.05, 0) is 63.5 Å². The topological polar surface area (TPSA) is 44.4 Å². The summed E-state index contributed by atoms with van der Waals surface area (Å²) in [6.07, 6.45) is 5.21. The summed E-state index contributed by atoms with van der Waals surface area (Å²) in [6, 6.07) is 4.65. The number of anilines is 1. The Hall–Kier alpha value is -1.46. The molecule has 0 unspecified atom stereocenters. The highest BCUT2D eigenvalue weighted by atomic mass is 19.1. The van der Waals surface area contributed by atoms with E-state index in [1.54, 1.807) is 13.0 Å². The van der Waals surface area contributed by atoms with Crippen LogP contribution >= 0.6 is 0 Å². The Morgan fingerprint density at radius 2 is 1.96 bits per heavy atom. The maximum absolute atomic E-state index is 13.1. The summed E-state index contributed by atoms with van der Waals surface area (Å²) in [5.41, 5.74) is 1.40. The van der Waals surface area contributed by atoms with Crippen LogP contribution in [0.25, 0.3) is 0 Å². The number of carbonyl (C=O) groups excluding carboxylic acids is 1. The van der Waals surface area contributed by atoms with Crippen LogP contribution in [0.4, 0.5) is 10.1 Å². The van der Waals surface area contributed by atoms with Gasteiger partial charge in [-0.3, -0.25) is 4.79 Å². The Bertz CT molecular complexity index is 513. The molecule has 1 atom stereocenters. The van der Waals surface area contributed by atoms with E-state index in [2.05, 4.69) is 22.5 Å². The van der Waals surface area contributed by atoms with Gasteiger partial charge in [0.05, 0.1) is 6.54 Å². The van der Waals surface area contributed by atoms with Crippen molar-refractivity contribution in [3.8, 4) is 0 Å². The largest absolute Gasteiger partial charge is 0.325 e. The Morgan fingerprint density at radius 3 is 2.61 bits per heavy atom. The van der Waals surface area contributed by atoms with Gasteiger partial charge in [-0.15, -0.1) is 0 Å². The zero-order valence-corrected chi connectivity index (χ0v) is 14.2. The lowest BCUT2D eigenvalue weighted by Crippen LogP contribution is -2.42. The Kier molecular flexibility index (Phi) is 6.99. The predicted octanol–water partition coefficient (Wildman–Crippen LogP) is 2.93. The lowest BCUT2D eigenvalue weighted by atomic mass is 10.2. The minimum absolute atomic E-state index is 0.0950. The highest BCUT2D eigenvalue weighted by Gasteiger charge is 2.13. The van der Waals surface area contributed by atoms with Crippen LogP contribution in [0.1, 0.15) is 38.2 Å². The van der Waals surface area contributed by atoms with E-state index in [1.165, 1.54) is 37.8 Å². The molecule has 0 radical (unpaired) electrons. The van der Waals surface area contributed by atoms with Crippen LogP contribution in [0.2, 0.25) is 0 Å². The lowest BCUT2D eigenvalue weighted by molar-refractivity contribution is -0.115. The first-order valence-corrected chi connectivity index (χ1v) is 8.56. The fourth-order valence-electron chi connectivity index (χ4n) is 3.00. The van der Waals surface area contributed by atoms with Gasteiger partial charge in [0.15, 0.2) is 0 Å². The minimum Gasteiger partial charge on any atom is -0.325 e. The van der Waals surface area contributed by atoms with Crippen molar-refractivity contribution in [3.63, 3.8) is 0 Å². The average Bonchev–Trinajstić information content (AvgIpc) is 2.77. The third kappa shape index (κ3) is 6.28. The average molecular weight is 321 g/mol. The molecule has 1 saturated heterocycles. The third-order valence-corrected chi connectivity index (χ3v) is 4.30. The first-order valence-electron chi connectivity index (χ1n) is 8.56. The summed E-state index contributed by atoms with van der Waals surface area (Å²) in [4.78, 5) is 14.5. The highest BCUT2D eigenvalue weighted by molar-refractivity contribution is 5.92. The molecule has 5 heteroatoms. The highest BCUT2D eigenvalue weighted by Crippen LogP contribution is 2.15. The van der Waals surface area contributed by atoms with Crippen LogP contribution in [0.15, 0.2) is 18.2 Å². The molecule has 1 aromatic rings. The maximum atomic E-state index is 13.1. The van der Waals surface area contributed by atoms with E-state index in [0.29, 0.717) is 5.69 Å². The first-order chi connectivity index (χ1) is 11.0. The number of amides is 1. The van der Waals surface area contributed by atoms with E-state index in [0.717, 1.165) is 25.2 Å². The summed E-state index contributed by atoms with van der Waals surface area (Å²) in [5.74, 6) is -0.382. The summed E-state index contributed by atoms with van der Waals surface area (Å²) in [6.45, 7) is 7.46. The quantitative estimate of drug-likeness (QED) is 0.847. The lowest BCUT2D eigenvalue weighted by Gasteiger charge is -2.24. The van der Waals surface area contributed by atoms with E-state index in [9.17, 15) is 9.18 Å². The predicted molar refractivity (Wildman–Crippen MR) is 92.1 cm³/mol. The molecule has 1 aliphatic heterocycles. The van der Waals surface area contributed by atoms with Crippen LogP contribution in [0.5, 0.6) is 0 Å². The second-order valence-electron chi connectivity index (χ2n) is 6.50. The van der Waals surface area contributed by atoms with Crippen molar-refractivity contribution < 1.29 is 9.18 Å². The molecular weight excluding hydrogens is 293 g/mol. The van der Waals surface area contributed by atoms with Crippen LogP contribution < -0.4 is 10.6 Å². The van der Waals surface area contributed by atoms with Gasteiger partial charge in [0.25, 0.3) is 0 Å². The molecule has 1 amide bonds. The summed E-state index contributed by atoms with van der Waals surface area (Å²) in [7, 11) is 0. The number of aryl methyl sites for hydroxylation is 1. The van der Waals surface area contributed by atoms with E-state index in [4.69, 9.17) is 0 Å². The molecule has 1 heterocycles. The molecule has 23 heavy (non-hydrogen) atoms. The molecule has 1 aliphatic rings. The van der Waals surface area contributed by atoms with Gasteiger partial charge < -0.3 is 15.5 Å². The zero-order valence-electron chi connectivity index (χ0n) is 14.2. The van der Waals surface area contributed by atoms with Crippen molar-refractivity contribution >= 4 is 11.6 Å². The standard InChI is InChI=1S/C18H28FN3O/c1-14-11-16(19)7-8-17(14)21-18(23)12-20-15(2)13-22-9-5-3-4-6-10-22/h7-8,11,15,20H,3-6,9-10,12-13H2,1-2H3,(H,21,23)/t15-/m0/s1. The number of carbonyl (C=O) groups is 1. The van der Waals surface area contributed by atoms with E-state index < -0.39 is 0 Å². The number of hydrogen-bond acceptors (Lipinski definition) is 3. The van der Waals surface area contributed by atoms with Crippen LogP contribution in [0.3, 0.4) is 0 Å². The molecule has 2 rings (SSSR count). The maximum Gasteiger partial charge on any atom is 0.238 e. The molecule has 128 valence electrons. The normalized spacial score (nSPS) is 17.5. The molecule has 0 aromatic heterocycles. The van der Waals surface area contributed by atoms with Gasteiger partial charge in [0.1, 0.15) is 5.82 Å². The van der Waals surface area contributed by atoms with Crippen molar-refractivity contribution in [2.75, 3.05) is 31.5 Å². The zero-order chi connectivity index (χ0) is 16.7. The monoisotopic (exact) mass is 321 g/mol. The van der Waals surface area contributed by atoms with Crippen molar-refractivity contribution in [3.05, 3.63) is 29.6 Å². The van der Waals surface area contributed by atoms with Gasteiger partial charge >= 0.3 is 0 Å². The van der Waals surface area contributed by atoms with Crippen LogP contribution in [0, 0.1) is 12.7 Å². The van der Waals surface area contributed by atoms with Gasteiger partial charge in [0.2, 0.25) is 5.91 Å². The fourth-order valence-corrected chi connectivity index (χ4v) is 3.00. The number of nitrogens with zero attached hydrogens (tertiary/aromatic N) is 1. The smallest absolute Gasteiger partial charge is 0.238 e. The molecular formula is C18H28FN3O. The summed E-state index contributed by atoms with van der Waals surface area (Å²) >= 11 is 0. The van der Waals surface area contributed by atoms with Gasteiger partial charge in [-0.1, -0.05) is 12.8 Å². The number of likely N-dealkylation sites (tertiary alicyclic amines) is 1. The van der Waals surface area contributed by atoms with E-state index in [1.807, 2.05) is 0 Å². The number of halogens is 1. The third-order valence-electron chi connectivity index (χ3n) is 4.30. The van der Waals surface area contributed by atoms with Crippen molar-refractivity contribution in [2.24, 2.45) is 0 Å². The minimum atomic E-state index is -0.287. The van der Waals surface area contributed by atoms with Gasteiger partial charge in [-0.25, -0.2) is 4.39 Å². The molecule has 2 N–H and O–H groups in total. The molecule has 1 aromatic carbocycles. The number of hydrogen-bond donors (Lipinski definition) is 2.